The molecule has 0 aliphatic carbocycles. The van der Waals surface area contributed by atoms with E-state index in [1.54, 1.807) is 0 Å². The van der Waals surface area contributed by atoms with Crippen molar-refractivity contribution in [2.45, 2.75) is 38.2 Å². The van der Waals surface area contributed by atoms with Gasteiger partial charge in [0.1, 0.15) is 0 Å². The lowest BCUT2D eigenvalue weighted by Crippen LogP contribution is -2.26. The Balaban J connectivity index is 1.78. The average molecular weight is 206 g/mol. The van der Waals surface area contributed by atoms with Gasteiger partial charge in [0.15, 0.2) is 0 Å². The van der Waals surface area contributed by atoms with E-state index in [9.17, 15) is 0 Å². The van der Waals surface area contributed by atoms with E-state index >= 15 is 0 Å². The highest BCUT2D eigenvalue weighted by Crippen LogP contribution is 2.10. The standard InChI is InChI=1S/C10H20ClNO/c11-6-2-1-3-7-12-9-10-5-4-8-13-10/h10,12H,1-9H2. The van der Waals surface area contributed by atoms with Gasteiger partial charge in [-0.3, -0.25) is 0 Å². The van der Waals surface area contributed by atoms with Crippen LogP contribution in [0.4, 0.5) is 0 Å². The summed E-state index contributed by atoms with van der Waals surface area (Å²) in [6.45, 7) is 3.09. The third-order valence-corrected chi connectivity index (χ3v) is 2.65. The third-order valence-electron chi connectivity index (χ3n) is 2.38. The van der Waals surface area contributed by atoms with Crippen molar-refractivity contribution in [2.24, 2.45) is 0 Å². The highest BCUT2D eigenvalue weighted by molar-refractivity contribution is 6.17. The zero-order chi connectivity index (χ0) is 9.36. The molecule has 0 aromatic heterocycles. The molecule has 1 unspecified atom stereocenters. The van der Waals surface area contributed by atoms with Gasteiger partial charge in [0.05, 0.1) is 6.10 Å². The van der Waals surface area contributed by atoms with Crippen LogP contribution in [-0.4, -0.2) is 31.7 Å². The van der Waals surface area contributed by atoms with Crippen molar-refractivity contribution in [1.82, 2.24) is 5.32 Å². The number of rotatable bonds is 7. The first-order valence-corrected chi connectivity index (χ1v) is 5.85. The first kappa shape index (κ1) is 11.3. The average Bonchev–Trinajstić information content (AvgIpc) is 2.63. The molecule has 0 saturated carbocycles. The fourth-order valence-corrected chi connectivity index (χ4v) is 1.78. The van der Waals surface area contributed by atoms with Gasteiger partial charge in [-0.15, -0.1) is 11.6 Å². The Morgan fingerprint density at radius 2 is 2.23 bits per heavy atom. The predicted molar refractivity (Wildman–Crippen MR) is 56.4 cm³/mol. The van der Waals surface area contributed by atoms with Crippen molar-refractivity contribution < 1.29 is 4.74 Å². The largest absolute Gasteiger partial charge is 0.377 e. The maximum Gasteiger partial charge on any atom is 0.0700 e. The lowest BCUT2D eigenvalue weighted by atomic mass is 10.2. The van der Waals surface area contributed by atoms with Gasteiger partial charge in [-0.25, -0.2) is 0 Å². The summed E-state index contributed by atoms with van der Waals surface area (Å²) in [5.74, 6) is 0.797. The summed E-state index contributed by atoms with van der Waals surface area (Å²) < 4.78 is 5.50. The van der Waals surface area contributed by atoms with Crippen LogP contribution in [0.15, 0.2) is 0 Å². The number of alkyl halides is 1. The van der Waals surface area contributed by atoms with Gasteiger partial charge in [-0.05, 0) is 32.2 Å². The van der Waals surface area contributed by atoms with E-state index in [0.717, 1.165) is 32.0 Å². The lowest BCUT2D eigenvalue weighted by molar-refractivity contribution is 0.110. The summed E-state index contributed by atoms with van der Waals surface area (Å²) in [5, 5.41) is 3.42. The first-order valence-electron chi connectivity index (χ1n) is 5.32. The molecule has 1 atom stereocenters. The topological polar surface area (TPSA) is 21.3 Å². The summed E-state index contributed by atoms with van der Waals surface area (Å²) in [7, 11) is 0. The number of halogens is 1. The summed E-state index contributed by atoms with van der Waals surface area (Å²) in [4.78, 5) is 0. The van der Waals surface area contributed by atoms with Crippen LogP contribution in [0.1, 0.15) is 32.1 Å². The van der Waals surface area contributed by atoms with Gasteiger partial charge >= 0.3 is 0 Å². The minimum atomic E-state index is 0.480. The second-order valence-electron chi connectivity index (χ2n) is 3.59. The van der Waals surface area contributed by atoms with Crippen molar-refractivity contribution in [2.75, 3.05) is 25.6 Å². The van der Waals surface area contributed by atoms with Gasteiger partial charge < -0.3 is 10.1 Å². The number of hydrogen-bond acceptors (Lipinski definition) is 2. The second kappa shape index (κ2) is 7.60. The summed E-state index contributed by atoms with van der Waals surface area (Å²) in [5.41, 5.74) is 0. The molecule has 0 radical (unpaired) electrons. The van der Waals surface area contributed by atoms with Crippen LogP contribution < -0.4 is 5.32 Å². The summed E-state index contributed by atoms with van der Waals surface area (Å²) in [6.07, 6.45) is 6.56. The molecule has 13 heavy (non-hydrogen) atoms. The zero-order valence-corrected chi connectivity index (χ0v) is 8.98. The first-order chi connectivity index (χ1) is 6.43. The molecule has 0 amide bonds. The SMILES string of the molecule is ClCCCCCNCC1CCCO1. The molecular formula is C10H20ClNO. The van der Waals surface area contributed by atoms with E-state index < -0.39 is 0 Å². The van der Waals surface area contributed by atoms with Crippen LogP contribution in [0.25, 0.3) is 0 Å². The predicted octanol–water partition coefficient (Wildman–Crippen LogP) is 2.16. The zero-order valence-electron chi connectivity index (χ0n) is 8.23. The van der Waals surface area contributed by atoms with E-state index in [1.807, 2.05) is 0 Å². The lowest BCUT2D eigenvalue weighted by Gasteiger charge is -2.09. The van der Waals surface area contributed by atoms with Gasteiger partial charge in [0.2, 0.25) is 0 Å². The van der Waals surface area contributed by atoms with Crippen LogP contribution in [0.5, 0.6) is 0 Å². The molecule has 0 aromatic carbocycles. The molecule has 1 rings (SSSR count). The Hall–Kier alpha value is 0.210. The Bertz CT molecular complexity index is 115. The third kappa shape index (κ3) is 5.50. The number of hydrogen-bond donors (Lipinski definition) is 1. The normalized spacial score (nSPS) is 22.4. The number of unbranched alkanes of at least 4 members (excludes halogenated alkanes) is 2. The molecule has 1 aliphatic rings. The molecule has 1 fully saturated rings. The molecule has 0 spiro atoms. The molecule has 2 nitrogen and oxygen atoms in total. The Labute approximate surface area is 86.0 Å². The van der Waals surface area contributed by atoms with Crippen molar-refractivity contribution in [3.63, 3.8) is 0 Å². The summed E-state index contributed by atoms with van der Waals surface area (Å²) >= 11 is 5.58. The molecule has 0 bridgehead atoms. The monoisotopic (exact) mass is 205 g/mol. The highest BCUT2D eigenvalue weighted by atomic mass is 35.5. The van der Waals surface area contributed by atoms with Gasteiger partial charge in [0, 0.05) is 19.0 Å². The quantitative estimate of drug-likeness (QED) is 0.508. The molecule has 1 aliphatic heterocycles. The highest BCUT2D eigenvalue weighted by Gasteiger charge is 2.13. The molecule has 1 heterocycles. The molecule has 1 N–H and O–H groups in total. The molecular weight excluding hydrogens is 186 g/mol. The number of nitrogens with one attached hydrogen (secondary N) is 1. The van der Waals surface area contributed by atoms with Crippen molar-refractivity contribution in [3.8, 4) is 0 Å². The molecule has 0 aromatic rings. The molecule has 78 valence electrons. The van der Waals surface area contributed by atoms with Gasteiger partial charge in [-0.1, -0.05) is 6.42 Å². The Morgan fingerprint density at radius 1 is 1.31 bits per heavy atom. The van der Waals surface area contributed by atoms with Crippen molar-refractivity contribution >= 4 is 11.6 Å². The van der Waals surface area contributed by atoms with E-state index in [1.165, 1.54) is 25.7 Å². The van der Waals surface area contributed by atoms with Crippen molar-refractivity contribution in [1.29, 1.82) is 0 Å². The minimum Gasteiger partial charge on any atom is -0.377 e. The van der Waals surface area contributed by atoms with Crippen molar-refractivity contribution in [3.05, 3.63) is 0 Å². The van der Waals surface area contributed by atoms with Crippen LogP contribution in [0.3, 0.4) is 0 Å². The fraction of sp³-hybridized carbons (Fsp3) is 1.00. The van der Waals surface area contributed by atoms with E-state index in [4.69, 9.17) is 16.3 Å². The maximum absolute atomic E-state index is 5.58. The van der Waals surface area contributed by atoms with E-state index in [2.05, 4.69) is 5.32 Å². The van der Waals surface area contributed by atoms with Gasteiger partial charge in [-0.2, -0.15) is 0 Å². The smallest absolute Gasteiger partial charge is 0.0700 e. The van der Waals surface area contributed by atoms with E-state index in [0.29, 0.717) is 6.10 Å². The Morgan fingerprint density at radius 3 is 2.92 bits per heavy atom. The Kier molecular flexibility index (Phi) is 6.60. The van der Waals surface area contributed by atoms with Crippen LogP contribution in [0, 0.1) is 0 Å². The van der Waals surface area contributed by atoms with Crippen LogP contribution in [-0.2, 0) is 4.74 Å². The van der Waals surface area contributed by atoms with Gasteiger partial charge in [0.25, 0.3) is 0 Å². The van der Waals surface area contributed by atoms with Crippen LogP contribution >= 0.6 is 11.6 Å². The summed E-state index contributed by atoms with van der Waals surface area (Å²) in [6, 6.07) is 0. The molecule has 1 saturated heterocycles. The minimum absolute atomic E-state index is 0.480. The molecule has 3 heteroatoms. The van der Waals surface area contributed by atoms with Crippen LogP contribution in [0.2, 0.25) is 0 Å². The number of ether oxygens (including phenoxy) is 1. The fourth-order valence-electron chi connectivity index (χ4n) is 1.59. The van der Waals surface area contributed by atoms with E-state index in [-0.39, 0.29) is 0 Å². The maximum atomic E-state index is 5.58. The second-order valence-corrected chi connectivity index (χ2v) is 3.97.